The van der Waals surface area contributed by atoms with E-state index in [1.165, 1.54) is 0 Å². The van der Waals surface area contributed by atoms with E-state index in [4.69, 9.17) is 0 Å². The molecule has 0 aromatic carbocycles. The molecule has 0 amide bonds. The van der Waals surface area contributed by atoms with Crippen LogP contribution in [0.4, 0.5) is 0 Å². The van der Waals surface area contributed by atoms with Crippen LogP contribution in [0.2, 0.25) is 43.9 Å². The molecule has 84 valence electrons. The molecule has 0 nitrogen and oxygen atoms in total. The average molecular weight is 253 g/mol. The molecule has 3 heteroatoms. The van der Waals surface area contributed by atoms with Gasteiger partial charge in [-0.15, -0.1) is 5.54 Å². The molecule has 0 saturated carbocycles. The molecule has 0 aliphatic rings. The maximum atomic E-state index is 3.47. The summed E-state index contributed by atoms with van der Waals surface area (Å²) >= 11 is 0. The van der Waals surface area contributed by atoms with Crippen molar-refractivity contribution < 1.29 is 0 Å². The van der Waals surface area contributed by atoms with Crippen molar-refractivity contribution in [2.45, 2.75) is 50.9 Å². The van der Waals surface area contributed by atoms with Crippen LogP contribution in [0.25, 0.3) is 0 Å². The SMILES string of the molecule is C[SiH](C)C#CC#CC(C)([SiH](C)C)[SiH](C)C. The number of hydrogen-bond donors (Lipinski definition) is 0. The molecule has 0 heterocycles. The van der Waals surface area contributed by atoms with E-state index in [1.54, 1.807) is 0 Å². The second-order valence-electron chi connectivity index (χ2n) is 5.27. The van der Waals surface area contributed by atoms with Gasteiger partial charge in [-0.1, -0.05) is 52.1 Å². The van der Waals surface area contributed by atoms with Crippen LogP contribution in [0.15, 0.2) is 0 Å². The fourth-order valence-corrected chi connectivity index (χ4v) is 7.72. The first kappa shape index (κ1) is 14.8. The first-order valence-electron chi connectivity index (χ1n) is 5.83. The van der Waals surface area contributed by atoms with Crippen LogP contribution in [-0.4, -0.2) is 26.4 Å². The van der Waals surface area contributed by atoms with Gasteiger partial charge < -0.3 is 0 Å². The van der Waals surface area contributed by atoms with Crippen LogP contribution in [0, 0.1) is 23.3 Å². The van der Waals surface area contributed by atoms with Gasteiger partial charge in [0.2, 0.25) is 0 Å². The zero-order valence-corrected chi connectivity index (χ0v) is 14.7. The second-order valence-corrected chi connectivity index (χ2v) is 15.5. The molecule has 0 saturated heterocycles. The number of rotatable bonds is 2. The summed E-state index contributed by atoms with van der Waals surface area (Å²) in [5.74, 6) is 9.63. The van der Waals surface area contributed by atoms with Gasteiger partial charge in [0.1, 0.15) is 8.80 Å². The van der Waals surface area contributed by atoms with E-state index in [-0.39, 0.29) is 0 Å². The lowest BCUT2D eigenvalue weighted by molar-refractivity contribution is 1.06. The van der Waals surface area contributed by atoms with Crippen molar-refractivity contribution in [2.75, 3.05) is 0 Å². The van der Waals surface area contributed by atoms with E-state index in [2.05, 4.69) is 69.5 Å². The minimum Gasteiger partial charge on any atom is -0.122 e. The van der Waals surface area contributed by atoms with Gasteiger partial charge in [-0.05, 0) is 11.8 Å². The summed E-state index contributed by atoms with van der Waals surface area (Å²) < 4.78 is 0.368. The molecule has 0 bridgehead atoms. The lowest BCUT2D eigenvalue weighted by Gasteiger charge is -2.30. The Morgan fingerprint density at radius 1 is 0.800 bits per heavy atom. The summed E-state index contributed by atoms with van der Waals surface area (Å²) in [6.07, 6.45) is 0. The molecule has 0 N–H and O–H groups in total. The predicted molar refractivity (Wildman–Crippen MR) is 80.6 cm³/mol. The fraction of sp³-hybridized carbons (Fsp3) is 0.667. The van der Waals surface area contributed by atoms with Crippen molar-refractivity contribution in [1.82, 2.24) is 0 Å². The molecule has 0 radical (unpaired) electrons. The minimum atomic E-state index is -0.746. The lowest BCUT2D eigenvalue weighted by atomic mass is 10.4. The molecule has 0 aromatic heterocycles. The van der Waals surface area contributed by atoms with Crippen molar-refractivity contribution in [3.05, 3.63) is 0 Å². The Hall–Kier alpha value is -0.229. The Morgan fingerprint density at radius 2 is 1.27 bits per heavy atom. The van der Waals surface area contributed by atoms with Gasteiger partial charge in [0.15, 0.2) is 0 Å². The van der Waals surface area contributed by atoms with Crippen molar-refractivity contribution in [3.8, 4) is 23.3 Å². The molecule has 0 fully saturated rings. The highest BCUT2D eigenvalue weighted by molar-refractivity contribution is 6.81. The van der Waals surface area contributed by atoms with Crippen LogP contribution in [0.3, 0.4) is 0 Å². The smallest absolute Gasteiger partial charge is 0.118 e. The molecular weight excluding hydrogens is 228 g/mol. The van der Waals surface area contributed by atoms with E-state index in [0.29, 0.717) is 4.66 Å². The summed E-state index contributed by atoms with van der Waals surface area (Å²) in [7, 11) is -2.13. The summed E-state index contributed by atoms with van der Waals surface area (Å²) in [4.78, 5) is 0. The van der Waals surface area contributed by atoms with Gasteiger partial charge in [0.25, 0.3) is 0 Å². The van der Waals surface area contributed by atoms with Crippen LogP contribution in [0.5, 0.6) is 0 Å². The quantitative estimate of drug-likeness (QED) is 0.523. The molecule has 0 unspecified atom stereocenters. The van der Waals surface area contributed by atoms with Crippen LogP contribution in [-0.2, 0) is 0 Å². The second kappa shape index (κ2) is 6.37. The van der Waals surface area contributed by atoms with Crippen molar-refractivity contribution in [1.29, 1.82) is 0 Å². The van der Waals surface area contributed by atoms with Crippen molar-refractivity contribution >= 4 is 26.4 Å². The van der Waals surface area contributed by atoms with Crippen LogP contribution in [0.1, 0.15) is 6.92 Å². The zero-order chi connectivity index (χ0) is 12.1. The number of hydrogen-bond acceptors (Lipinski definition) is 0. The minimum absolute atomic E-state index is 0.368. The Kier molecular flexibility index (Phi) is 6.28. The Bertz CT molecular complexity index is 299. The summed E-state index contributed by atoms with van der Waals surface area (Å²) in [5.41, 5.74) is 3.24. The molecule has 0 aliphatic carbocycles. The largest absolute Gasteiger partial charge is 0.122 e. The first-order chi connectivity index (χ1) is 6.80. The summed E-state index contributed by atoms with van der Waals surface area (Å²) in [5, 5.41) is 0. The molecule has 0 aliphatic heterocycles. The van der Waals surface area contributed by atoms with Gasteiger partial charge in [0, 0.05) is 22.3 Å². The van der Waals surface area contributed by atoms with E-state index in [9.17, 15) is 0 Å². The highest BCUT2D eigenvalue weighted by Gasteiger charge is 2.31. The maximum absolute atomic E-state index is 3.47. The average Bonchev–Trinajstić information content (AvgIpc) is 2.10. The molecule has 0 aromatic rings. The molecule has 0 spiro atoms. The summed E-state index contributed by atoms with van der Waals surface area (Å²) in [6.45, 7) is 16.5. The monoisotopic (exact) mass is 252 g/mol. The van der Waals surface area contributed by atoms with Gasteiger partial charge in [-0.2, -0.15) is 0 Å². The predicted octanol–water partition coefficient (Wildman–Crippen LogP) is 2.29. The third-order valence-electron chi connectivity index (χ3n) is 3.15. The summed E-state index contributed by atoms with van der Waals surface area (Å²) in [6, 6.07) is 0. The highest BCUT2D eigenvalue weighted by Crippen LogP contribution is 2.31. The third kappa shape index (κ3) is 4.88. The lowest BCUT2D eigenvalue weighted by Crippen LogP contribution is -2.34. The molecule has 0 rings (SSSR count). The Labute approximate surface area is 101 Å². The van der Waals surface area contributed by atoms with Gasteiger partial charge in [-0.25, -0.2) is 0 Å². The standard InChI is InChI=1S/C12H24Si3/c1-12(14(4)5,15(6)7)10-8-9-11-13(2)3/h13-15H,1-7H3. The van der Waals surface area contributed by atoms with Gasteiger partial charge in [-0.3, -0.25) is 0 Å². The van der Waals surface area contributed by atoms with Gasteiger partial charge in [0.05, 0.1) is 0 Å². The van der Waals surface area contributed by atoms with Crippen LogP contribution < -0.4 is 0 Å². The fourth-order valence-electron chi connectivity index (χ4n) is 1.30. The topological polar surface area (TPSA) is 0 Å². The molecule has 15 heavy (non-hydrogen) atoms. The van der Waals surface area contributed by atoms with E-state index in [1.807, 2.05) is 0 Å². The van der Waals surface area contributed by atoms with Crippen molar-refractivity contribution in [3.63, 3.8) is 0 Å². The molecule has 0 atom stereocenters. The third-order valence-corrected chi connectivity index (χ3v) is 13.0. The van der Waals surface area contributed by atoms with Crippen molar-refractivity contribution in [2.24, 2.45) is 0 Å². The van der Waals surface area contributed by atoms with Gasteiger partial charge >= 0.3 is 0 Å². The van der Waals surface area contributed by atoms with E-state index < -0.39 is 26.4 Å². The normalized spacial score (nSPS) is 11.1. The van der Waals surface area contributed by atoms with E-state index >= 15 is 0 Å². The highest BCUT2D eigenvalue weighted by atomic mass is 28.3. The zero-order valence-electron chi connectivity index (χ0n) is 11.2. The molecular formula is C12H24Si3. The Balaban J connectivity index is 4.80. The van der Waals surface area contributed by atoms with E-state index in [0.717, 1.165) is 0 Å². The Morgan fingerprint density at radius 3 is 1.60 bits per heavy atom. The maximum Gasteiger partial charge on any atom is 0.118 e. The van der Waals surface area contributed by atoms with Crippen LogP contribution >= 0.6 is 0 Å². The first-order valence-corrected chi connectivity index (χ1v) is 14.5.